The number of carbonyl (C=O) groups excluding carboxylic acids is 2. The molecule has 3 rings (SSSR count). The van der Waals surface area contributed by atoms with Gasteiger partial charge < -0.3 is 9.64 Å². The van der Waals surface area contributed by atoms with E-state index >= 15 is 0 Å². The lowest BCUT2D eigenvalue weighted by Gasteiger charge is -2.21. The van der Waals surface area contributed by atoms with Gasteiger partial charge in [-0.3, -0.25) is 14.5 Å². The zero-order valence-corrected chi connectivity index (χ0v) is 18.1. The van der Waals surface area contributed by atoms with E-state index in [-0.39, 0.29) is 11.8 Å². The minimum absolute atomic E-state index is 0.208. The summed E-state index contributed by atoms with van der Waals surface area (Å²) in [5.41, 5.74) is 2.75. The normalized spacial score (nSPS) is 13.9. The highest BCUT2D eigenvalue weighted by Gasteiger charge is 2.40. The van der Waals surface area contributed by atoms with Gasteiger partial charge in [0, 0.05) is 20.1 Å². The Kier molecular flexibility index (Phi) is 7.28. The molecule has 30 heavy (non-hydrogen) atoms. The minimum Gasteiger partial charge on any atom is -0.497 e. The number of rotatable bonds is 10. The molecule has 2 aromatic rings. The number of carbonyl (C=O) groups is 2. The molecular formula is C25H30N2O3. The molecule has 2 amide bonds. The Morgan fingerprint density at radius 1 is 0.900 bits per heavy atom. The molecule has 1 aliphatic rings. The molecule has 1 heterocycles. The number of nitrogens with zero attached hydrogens (tertiary/aromatic N) is 2. The molecule has 0 saturated heterocycles. The number of hydrogen-bond donors (Lipinski definition) is 0. The van der Waals surface area contributed by atoms with E-state index in [1.807, 2.05) is 66.5 Å². The molecule has 2 aromatic carbocycles. The second kappa shape index (κ2) is 10.1. The maximum Gasteiger partial charge on any atom is 0.277 e. The lowest BCUT2D eigenvalue weighted by Crippen LogP contribution is -2.34. The Morgan fingerprint density at radius 2 is 1.60 bits per heavy atom. The second-order valence-electron chi connectivity index (χ2n) is 7.62. The molecule has 0 bridgehead atoms. The third kappa shape index (κ3) is 4.73. The Hall–Kier alpha value is -3.08. The molecule has 158 valence electrons. The van der Waals surface area contributed by atoms with Crippen LogP contribution in [0.3, 0.4) is 0 Å². The first-order valence-corrected chi connectivity index (χ1v) is 10.6. The summed E-state index contributed by atoms with van der Waals surface area (Å²) in [6.07, 6.45) is 4.07. The van der Waals surface area contributed by atoms with Crippen LogP contribution in [0.1, 0.15) is 43.7 Å². The van der Waals surface area contributed by atoms with Gasteiger partial charge in [0.25, 0.3) is 11.8 Å². The van der Waals surface area contributed by atoms with Crippen LogP contribution in [0.5, 0.6) is 5.75 Å². The van der Waals surface area contributed by atoms with Crippen molar-refractivity contribution in [2.75, 3.05) is 20.7 Å². The van der Waals surface area contributed by atoms with Crippen LogP contribution in [0.2, 0.25) is 0 Å². The molecule has 0 aromatic heterocycles. The van der Waals surface area contributed by atoms with E-state index in [4.69, 9.17) is 4.74 Å². The standard InChI is InChI=1S/C25H30N2O3/c1-4-5-6-10-17-27-24(28)22(20-13-15-21(30-3)16-14-20)23(25(27)29)26(2)18-19-11-8-7-9-12-19/h7-9,11-16H,4-6,10,17-18H2,1-3H3. The number of methoxy groups -OCH3 is 1. The van der Waals surface area contributed by atoms with Crippen LogP contribution in [-0.4, -0.2) is 42.3 Å². The van der Waals surface area contributed by atoms with E-state index < -0.39 is 0 Å². The van der Waals surface area contributed by atoms with Crippen molar-refractivity contribution in [2.24, 2.45) is 0 Å². The summed E-state index contributed by atoms with van der Waals surface area (Å²) in [6, 6.07) is 17.3. The quantitative estimate of drug-likeness (QED) is 0.431. The summed E-state index contributed by atoms with van der Waals surface area (Å²) >= 11 is 0. The number of hydrogen-bond acceptors (Lipinski definition) is 4. The summed E-state index contributed by atoms with van der Waals surface area (Å²) in [6.45, 7) is 3.16. The zero-order chi connectivity index (χ0) is 21.5. The predicted octanol–water partition coefficient (Wildman–Crippen LogP) is 4.49. The second-order valence-corrected chi connectivity index (χ2v) is 7.62. The number of imide groups is 1. The maximum absolute atomic E-state index is 13.3. The van der Waals surface area contributed by atoms with Gasteiger partial charge in [-0.1, -0.05) is 68.7 Å². The summed E-state index contributed by atoms with van der Waals surface area (Å²) in [7, 11) is 3.48. The predicted molar refractivity (Wildman–Crippen MR) is 119 cm³/mol. The van der Waals surface area contributed by atoms with Crippen molar-refractivity contribution in [1.82, 2.24) is 9.80 Å². The van der Waals surface area contributed by atoms with Crippen LogP contribution in [0.4, 0.5) is 0 Å². The first-order chi connectivity index (χ1) is 14.6. The van der Waals surface area contributed by atoms with Crippen molar-refractivity contribution in [3.63, 3.8) is 0 Å². The first kappa shape index (κ1) is 21.6. The fraction of sp³-hybridized carbons (Fsp3) is 0.360. The molecule has 0 aliphatic carbocycles. The van der Waals surface area contributed by atoms with Gasteiger partial charge in [-0.15, -0.1) is 0 Å². The molecule has 1 aliphatic heterocycles. The molecule has 0 N–H and O–H groups in total. The number of benzene rings is 2. The number of unbranched alkanes of at least 4 members (excludes halogenated alkanes) is 3. The van der Waals surface area contributed by atoms with Crippen molar-refractivity contribution in [3.05, 3.63) is 71.4 Å². The Morgan fingerprint density at radius 3 is 2.23 bits per heavy atom. The molecule has 5 nitrogen and oxygen atoms in total. The van der Waals surface area contributed by atoms with E-state index in [1.54, 1.807) is 7.11 Å². The van der Waals surface area contributed by atoms with Crippen molar-refractivity contribution in [2.45, 2.75) is 39.2 Å². The minimum atomic E-state index is -0.212. The van der Waals surface area contributed by atoms with Gasteiger partial charge in [-0.2, -0.15) is 0 Å². The molecule has 0 unspecified atom stereocenters. The van der Waals surface area contributed by atoms with Crippen molar-refractivity contribution in [3.8, 4) is 5.75 Å². The van der Waals surface area contributed by atoms with E-state index in [2.05, 4.69) is 6.92 Å². The molecule has 0 spiro atoms. The van der Waals surface area contributed by atoms with Gasteiger partial charge >= 0.3 is 0 Å². The van der Waals surface area contributed by atoms with Gasteiger partial charge in [0.2, 0.25) is 0 Å². The first-order valence-electron chi connectivity index (χ1n) is 10.6. The molecule has 5 heteroatoms. The topological polar surface area (TPSA) is 49.9 Å². The van der Waals surface area contributed by atoms with Crippen LogP contribution in [0.25, 0.3) is 5.57 Å². The SMILES string of the molecule is CCCCCCN1C(=O)C(c2ccc(OC)cc2)=C(N(C)Cc2ccccc2)C1=O. The highest BCUT2D eigenvalue weighted by molar-refractivity contribution is 6.35. The van der Waals surface area contributed by atoms with Crippen LogP contribution in [0, 0.1) is 0 Å². The van der Waals surface area contributed by atoms with Crippen LogP contribution in [-0.2, 0) is 16.1 Å². The molecule has 0 saturated carbocycles. The summed E-state index contributed by atoms with van der Waals surface area (Å²) in [5.74, 6) is 0.295. The smallest absolute Gasteiger partial charge is 0.277 e. The van der Waals surface area contributed by atoms with Gasteiger partial charge in [0.15, 0.2) is 0 Å². The largest absolute Gasteiger partial charge is 0.497 e. The summed E-state index contributed by atoms with van der Waals surface area (Å²) in [5, 5.41) is 0. The van der Waals surface area contributed by atoms with Crippen LogP contribution < -0.4 is 4.74 Å². The van der Waals surface area contributed by atoms with Crippen molar-refractivity contribution >= 4 is 17.4 Å². The van der Waals surface area contributed by atoms with Gasteiger partial charge in [-0.25, -0.2) is 0 Å². The van der Waals surface area contributed by atoms with Crippen LogP contribution in [0.15, 0.2) is 60.3 Å². The molecule has 0 radical (unpaired) electrons. The van der Waals surface area contributed by atoms with Crippen molar-refractivity contribution < 1.29 is 14.3 Å². The Bertz CT molecular complexity index is 904. The van der Waals surface area contributed by atoms with Gasteiger partial charge in [0.1, 0.15) is 11.4 Å². The molecule has 0 atom stereocenters. The van der Waals surface area contributed by atoms with Gasteiger partial charge in [0.05, 0.1) is 12.7 Å². The number of ether oxygens (including phenoxy) is 1. The zero-order valence-electron chi connectivity index (χ0n) is 18.1. The fourth-order valence-corrected chi connectivity index (χ4v) is 3.77. The third-order valence-electron chi connectivity index (χ3n) is 5.40. The highest BCUT2D eigenvalue weighted by Crippen LogP contribution is 2.32. The van der Waals surface area contributed by atoms with Crippen LogP contribution >= 0.6 is 0 Å². The highest BCUT2D eigenvalue weighted by atomic mass is 16.5. The summed E-state index contributed by atoms with van der Waals surface area (Å²) < 4.78 is 5.24. The lowest BCUT2D eigenvalue weighted by atomic mass is 10.0. The monoisotopic (exact) mass is 406 g/mol. The fourth-order valence-electron chi connectivity index (χ4n) is 3.77. The molecular weight excluding hydrogens is 376 g/mol. The lowest BCUT2D eigenvalue weighted by molar-refractivity contribution is -0.137. The Balaban J connectivity index is 1.92. The Labute approximate surface area is 178 Å². The number of amides is 2. The maximum atomic E-state index is 13.3. The number of likely N-dealkylation sites (N-methyl/N-ethyl adjacent to an activating group) is 1. The molecule has 0 fully saturated rings. The van der Waals surface area contributed by atoms with E-state index in [0.717, 1.165) is 36.8 Å². The van der Waals surface area contributed by atoms with E-state index in [1.165, 1.54) is 4.90 Å². The third-order valence-corrected chi connectivity index (χ3v) is 5.40. The van der Waals surface area contributed by atoms with E-state index in [0.29, 0.717) is 30.1 Å². The average Bonchev–Trinajstić information content (AvgIpc) is 3.02. The average molecular weight is 407 g/mol. The summed E-state index contributed by atoms with van der Waals surface area (Å²) in [4.78, 5) is 29.9. The van der Waals surface area contributed by atoms with Gasteiger partial charge in [-0.05, 0) is 29.7 Å². The van der Waals surface area contributed by atoms with Crippen molar-refractivity contribution in [1.29, 1.82) is 0 Å². The van der Waals surface area contributed by atoms with E-state index in [9.17, 15) is 9.59 Å².